The second-order valence-electron chi connectivity index (χ2n) is 4.53. The molecular formula is C12H17FN2. The molecule has 1 aliphatic carbocycles. The molecule has 1 aromatic carbocycles. The van der Waals surface area contributed by atoms with Gasteiger partial charge in [0, 0.05) is 6.04 Å². The fourth-order valence-electron chi connectivity index (χ4n) is 2.08. The van der Waals surface area contributed by atoms with E-state index in [0.29, 0.717) is 17.4 Å². The number of nitrogens with two attached hydrogens (primary N) is 1. The van der Waals surface area contributed by atoms with Gasteiger partial charge >= 0.3 is 0 Å². The molecule has 0 aliphatic heterocycles. The zero-order valence-corrected chi connectivity index (χ0v) is 9.13. The minimum absolute atomic E-state index is 0.0927. The van der Waals surface area contributed by atoms with Crippen LogP contribution in [0.4, 0.5) is 4.39 Å². The number of nitrogens with one attached hydrogen (secondary N) is 1. The molecule has 2 rings (SSSR count). The van der Waals surface area contributed by atoms with Crippen LogP contribution in [0.3, 0.4) is 0 Å². The van der Waals surface area contributed by atoms with Gasteiger partial charge in [-0.15, -0.1) is 0 Å². The average Bonchev–Trinajstić information content (AvgIpc) is 2.90. The van der Waals surface area contributed by atoms with Gasteiger partial charge in [-0.1, -0.05) is 19.1 Å². The van der Waals surface area contributed by atoms with E-state index in [2.05, 4.69) is 12.3 Å². The Balaban J connectivity index is 2.23. The smallest absolute Gasteiger partial charge is 0.126 e. The summed E-state index contributed by atoms with van der Waals surface area (Å²) < 4.78 is 13.4. The maximum atomic E-state index is 13.4. The van der Waals surface area contributed by atoms with Gasteiger partial charge in [-0.05, 0) is 42.4 Å². The second-order valence-corrected chi connectivity index (χ2v) is 4.53. The van der Waals surface area contributed by atoms with E-state index >= 15 is 0 Å². The quantitative estimate of drug-likeness (QED) is 0.591. The molecule has 3 N–H and O–H groups in total. The van der Waals surface area contributed by atoms with Crippen molar-refractivity contribution in [3.8, 4) is 0 Å². The molecule has 0 bridgehead atoms. The van der Waals surface area contributed by atoms with Crippen molar-refractivity contribution < 1.29 is 4.39 Å². The summed E-state index contributed by atoms with van der Waals surface area (Å²) in [5.41, 5.74) is 4.42. The highest BCUT2D eigenvalue weighted by Gasteiger charge is 2.39. The molecule has 0 heterocycles. The molecule has 1 aliphatic rings. The molecule has 1 saturated carbocycles. The van der Waals surface area contributed by atoms with E-state index in [1.807, 2.05) is 12.1 Å². The van der Waals surface area contributed by atoms with E-state index in [1.165, 1.54) is 6.42 Å². The number of hydrazine groups is 1. The zero-order chi connectivity index (χ0) is 11.0. The lowest BCUT2D eigenvalue weighted by atomic mass is 10.0. The normalized spacial score (nSPS) is 26.4. The van der Waals surface area contributed by atoms with Crippen molar-refractivity contribution in [3.05, 3.63) is 35.1 Å². The predicted octanol–water partition coefficient (Wildman–Crippen LogP) is 2.29. The van der Waals surface area contributed by atoms with Crippen molar-refractivity contribution in [3.63, 3.8) is 0 Å². The van der Waals surface area contributed by atoms with Crippen LogP contribution in [-0.2, 0) is 0 Å². The van der Waals surface area contributed by atoms with Crippen molar-refractivity contribution in [1.82, 2.24) is 5.43 Å². The molecule has 0 spiro atoms. The highest BCUT2D eigenvalue weighted by molar-refractivity contribution is 5.27. The standard InChI is InChI=1S/C12H17FN2/c1-7-3-4-9(6-11(7)13)12(15-14)10-5-8(10)2/h3-4,6,8,10,12,15H,5,14H2,1-2H3. The Morgan fingerprint density at radius 3 is 2.67 bits per heavy atom. The summed E-state index contributed by atoms with van der Waals surface area (Å²) in [7, 11) is 0. The maximum absolute atomic E-state index is 13.4. The summed E-state index contributed by atoms with van der Waals surface area (Å²) in [6.07, 6.45) is 1.17. The Morgan fingerprint density at radius 1 is 1.53 bits per heavy atom. The van der Waals surface area contributed by atoms with Gasteiger partial charge < -0.3 is 0 Å². The van der Waals surface area contributed by atoms with Crippen LogP contribution in [0.1, 0.15) is 30.5 Å². The number of benzene rings is 1. The fourth-order valence-corrected chi connectivity index (χ4v) is 2.08. The fraction of sp³-hybridized carbons (Fsp3) is 0.500. The third kappa shape index (κ3) is 2.03. The van der Waals surface area contributed by atoms with Crippen molar-refractivity contribution in [2.75, 3.05) is 0 Å². The molecule has 0 amide bonds. The lowest BCUT2D eigenvalue weighted by molar-refractivity contribution is 0.472. The monoisotopic (exact) mass is 208 g/mol. The number of rotatable bonds is 3. The molecule has 2 nitrogen and oxygen atoms in total. The van der Waals surface area contributed by atoms with Crippen molar-refractivity contribution in [2.24, 2.45) is 17.7 Å². The second kappa shape index (κ2) is 3.91. The molecule has 3 heteroatoms. The number of hydrogen-bond acceptors (Lipinski definition) is 2. The average molecular weight is 208 g/mol. The Bertz CT molecular complexity index is 365. The van der Waals surface area contributed by atoms with Gasteiger partial charge in [-0.3, -0.25) is 11.3 Å². The highest BCUT2D eigenvalue weighted by Crippen LogP contribution is 2.46. The van der Waals surface area contributed by atoms with E-state index in [-0.39, 0.29) is 11.9 Å². The third-order valence-electron chi connectivity index (χ3n) is 3.33. The number of aryl methyl sites for hydroxylation is 1. The van der Waals surface area contributed by atoms with E-state index in [9.17, 15) is 4.39 Å². The first kappa shape index (κ1) is 10.6. The largest absolute Gasteiger partial charge is 0.271 e. The minimum Gasteiger partial charge on any atom is -0.271 e. The van der Waals surface area contributed by atoms with Gasteiger partial charge in [0.15, 0.2) is 0 Å². The van der Waals surface area contributed by atoms with Crippen LogP contribution in [0.2, 0.25) is 0 Å². The molecule has 1 fully saturated rings. The summed E-state index contributed by atoms with van der Waals surface area (Å²) in [6.45, 7) is 3.96. The summed E-state index contributed by atoms with van der Waals surface area (Å²) in [4.78, 5) is 0. The Labute approximate surface area is 89.6 Å². The predicted molar refractivity (Wildman–Crippen MR) is 58.5 cm³/mol. The summed E-state index contributed by atoms with van der Waals surface area (Å²) >= 11 is 0. The molecule has 0 radical (unpaired) electrons. The number of halogens is 1. The first-order valence-corrected chi connectivity index (χ1v) is 5.35. The molecular weight excluding hydrogens is 191 g/mol. The van der Waals surface area contributed by atoms with Gasteiger partial charge in [0.1, 0.15) is 5.82 Å². The number of hydrogen-bond donors (Lipinski definition) is 2. The lowest BCUT2D eigenvalue weighted by Gasteiger charge is -2.16. The zero-order valence-electron chi connectivity index (χ0n) is 9.13. The van der Waals surface area contributed by atoms with Gasteiger partial charge in [0.25, 0.3) is 0 Å². The van der Waals surface area contributed by atoms with E-state index in [0.717, 1.165) is 5.56 Å². The molecule has 0 saturated heterocycles. The minimum atomic E-state index is -0.152. The first-order chi connectivity index (χ1) is 7.13. The Kier molecular flexibility index (Phi) is 2.76. The molecule has 3 unspecified atom stereocenters. The van der Waals surface area contributed by atoms with E-state index in [1.54, 1.807) is 13.0 Å². The molecule has 0 aromatic heterocycles. The van der Waals surface area contributed by atoms with Gasteiger partial charge in [0.2, 0.25) is 0 Å². The van der Waals surface area contributed by atoms with Crippen molar-refractivity contribution in [2.45, 2.75) is 26.3 Å². The van der Waals surface area contributed by atoms with Crippen LogP contribution in [0.25, 0.3) is 0 Å². The SMILES string of the molecule is Cc1ccc(C(NN)C2CC2C)cc1F. The van der Waals surface area contributed by atoms with E-state index in [4.69, 9.17) is 5.84 Å². The van der Waals surface area contributed by atoms with Crippen LogP contribution in [0.15, 0.2) is 18.2 Å². The topological polar surface area (TPSA) is 38.0 Å². The van der Waals surface area contributed by atoms with Crippen LogP contribution < -0.4 is 11.3 Å². The first-order valence-electron chi connectivity index (χ1n) is 5.35. The molecule has 15 heavy (non-hydrogen) atoms. The van der Waals surface area contributed by atoms with Crippen LogP contribution >= 0.6 is 0 Å². The van der Waals surface area contributed by atoms with Crippen LogP contribution in [0.5, 0.6) is 0 Å². The third-order valence-corrected chi connectivity index (χ3v) is 3.33. The molecule has 1 aromatic rings. The van der Waals surface area contributed by atoms with Gasteiger partial charge in [-0.25, -0.2) is 4.39 Å². The van der Waals surface area contributed by atoms with Gasteiger partial charge in [-0.2, -0.15) is 0 Å². The Morgan fingerprint density at radius 2 is 2.20 bits per heavy atom. The Hall–Kier alpha value is -0.930. The van der Waals surface area contributed by atoms with Crippen molar-refractivity contribution in [1.29, 1.82) is 0 Å². The van der Waals surface area contributed by atoms with Gasteiger partial charge in [0.05, 0.1) is 0 Å². The van der Waals surface area contributed by atoms with Crippen molar-refractivity contribution >= 4 is 0 Å². The van der Waals surface area contributed by atoms with Crippen LogP contribution in [-0.4, -0.2) is 0 Å². The summed E-state index contributed by atoms with van der Waals surface area (Å²) in [5.74, 6) is 6.61. The summed E-state index contributed by atoms with van der Waals surface area (Å²) in [6, 6.07) is 5.44. The lowest BCUT2D eigenvalue weighted by Crippen LogP contribution is -2.30. The molecule has 82 valence electrons. The highest BCUT2D eigenvalue weighted by atomic mass is 19.1. The van der Waals surface area contributed by atoms with E-state index < -0.39 is 0 Å². The maximum Gasteiger partial charge on any atom is 0.126 e. The summed E-state index contributed by atoms with van der Waals surface area (Å²) in [5, 5.41) is 0. The molecule has 3 atom stereocenters. The van der Waals surface area contributed by atoms with Crippen LogP contribution in [0, 0.1) is 24.6 Å².